The van der Waals surface area contributed by atoms with Crippen molar-refractivity contribution in [3.8, 4) is 0 Å². The summed E-state index contributed by atoms with van der Waals surface area (Å²) in [5.74, 6) is -0.739. The minimum atomic E-state index is -0.446. The van der Waals surface area contributed by atoms with E-state index in [1.54, 1.807) is 18.3 Å². The number of hydrogen-bond donors (Lipinski definition) is 2. The Balaban J connectivity index is 1.85. The molecule has 4 nitrogen and oxygen atoms in total. The summed E-state index contributed by atoms with van der Waals surface area (Å²) in [6.07, 6.45) is 1.70. The van der Waals surface area contributed by atoms with Crippen LogP contribution in [0, 0.1) is 5.82 Å². The highest BCUT2D eigenvalue weighted by Gasteiger charge is 2.09. The van der Waals surface area contributed by atoms with Crippen LogP contribution in [0.1, 0.15) is 18.7 Å². The zero-order chi connectivity index (χ0) is 14.4. The molecule has 5 heteroatoms. The third kappa shape index (κ3) is 3.86. The zero-order valence-corrected chi connectivity index (χ0v) is 11.1. The van der Waals surface area contributed by atoms with Gasteiger partial charge in [0.05, 0.1) is 17.9 Å². The fourth-order valence-electron chi connectivity index (χ4n) is 1.74. The van der Waals surface area contributed by atoms with Crippen LogP contribution in [0.3, 0.4) is 0 Å². The summed E-state index contributed by atoms with van der Waals surface area (Å²) in [5.41, 5.74) is 1.04. The second-order valence-corrected chi connectivity index (χ2v) is 4.39. The van der Waals surface area contributed by atoms with Crippen molar-refractivity contribution in [1.82, 2.24) is 10.3 Å². The number of halogens is 1. The minimum Gasteiger partial charge on any atom is -0.322 e. The SMILES string of the molecule is CC(NCC(=O)Nc1ccccc1F)c1ccccn1. The van der Waals surface area contributed by atoms with Gasteiger partial charge in [0, 0.05) is 12.2 Å². The lowest BCUT2D eigenvalue weighted by molar-refractivity contribution is -0.115. The van der Waals surface area contributed by atoms with Crippen LogP contribution in [0.2, 0.25) is 0 Å². The molecule has 2 rings (SSSR count). The second kappa shape index (κ2) is 6.77. The number of nitrogens with zero attached hydrogens (tertiary/aromatic N) is 1. The third-order valence-electron chi connectivity index (χ3n) is 2.85. The van der Waals surface area contributed by atoms with E-state index in [-0.39, 0.29) is 24.2 Å². The summed E-state index contributed by atoms with van der Waals surface area (Å²) in [7, 11) is 0. The van der Waals surface area contributed by atoms with E-state index in [0.717, 1.165) is 5.69 Å². The molecule has 0 radical (unpaired) electrons. The van der Waals surface area contributed by atoms with Gasteiger partial charge in [0.2, 0.25) is 5.91 Å². The molecular weight excluding hydrogens is 257 g/mol. The Morgan fingerprint density at radius 2 is 2.00 bits per heavy atom. The van der Waals surface area contributed by atoms with Gasteiger partial charge in [0.15, 0.2) is 0 Å². The van der Waals surface area contributed by atoms with Crippen molar-refractivity contribution in [2.45, 2.75) is 13.0 Å². The van der Waals surface area contributed by atoms with Crippen LogP contribution in [-0.4, -0.2) is 17.4 Å². The molecule has 1 heterocycles. The van der Waals surface area contributed by atoms with Crippen molar-refractivity contribution in [3.05, 3.63) is 60.2 Å². The molecular formula is C15H16FN3O. The molecule has 2 N–H and O–H groups in total. The van der Waals surface area contributed by atoms with E-state index in [1.165, 1.54) is 12.1 Å². The minimum absolute atomic E-state index is 0.0532. The zero-order valence-electron chi connectivity index (χ0n) is 11.1. The molecule has 0 aliphatic rings. The van der Waals surface area contributed by atoms with Gasteiger partial charge in [0.1, 0.15) is 5.82 Å². The molecule has 0 aliphatic carbocycles. The Morgan fingerprint density at radius 3 is 2.70 bits per heavy atom. The summed E-state index contributed by atoms with van der Waals surface area (Å²) in [6, 6.07) is 11.6. The molecule has 1 amide bonds. The van der Waals surface area contributed by atoms with Crippen LogP contribution in [0.15, 0.2) is 48.7 Å². The van der Waals surface area contributed by atoms with Crippen LogP contribution in [0.25, 0.3) is 0 Å². The molecule has 20 heavy (non-hydrogen) atoms. The average Bonchev–Trinajstić information content (AvgIpc) is 2.48. The lowest BCUT2D eigenvalue weighted by Crippen LogP contribution is -2.30. The highest BCUT2D eigenvalue weighted by molar-refractivity contribution is 5.92. The van der Waals surface area contributed by atoms with Gasteiger partial charge in [-0.2, -0.15) is 0 Å². The maximum Gasteiger partial charge on any atom is 0.238 e. The number of hydrogen-bond acceptors (Lipinski definition) is 3. The van der Waals surface area contributed by atoms with E-state index in [0.29, 0.717) is 0 Å². The molecule has 1 aromatic heterocycles. The van der Waals surface area contributed by atoms with E-state index >= 15 is 0 Å². The Labute approximate surface area is 117 Å². The Kier molecular flexibility index (Phi) is 4.79. The Morgan fingerprint density at radius 1 is 1.25 bits per heavy atom. The third-order valence-corrected chi connectivity index (χ3v) is 2.85. The number of carbonyl (C=O) groups excluding carboxylic acids is 1. The standard InChI is InChI=1S/C15H16FN3O/c1-11(13-7-4-5-9-17-13)18-10-15(20)19-14-8-3-2-6-12(14)16/h2-9,11,18H,10H2,1H3,(H,19,20). The molecule has 1 atom stereocenters. The largest absolute Gasteiger partial charge is 0.322 e. The van der Waals surface area contributed by atoms with Gasteiger partial charge in [-0.25, -0.2) is 4.39 Å². The van der Waals surface area contributed by atoms with Crippen LogP contribution < -0.4 is 10.6 Å². The predicted octanol–water partition coefficient (Wildman–Crippen LogP) is 2.51. The maximum absolute atomic E-state index is 13.4. The van der Waals surface area contributed by atoms with Crippen LogP contribution >= 0.6 is 0 Å². The van der Waals surface area contributed by atoms with Crippen molar-refractivity contribution in [3.63, 3.8) is 0 Å². The fraction of sp³-hybridized carbons (Fsp3) is 0.200. The van der Waals surface area contributed by atoms with E-state index in [4.69, 9.17) is 0 Å². The number of aromatic nitrogens is 1. The first kappa shape index (κ1) is 14.1. The predicted molar refractivity (Wildman–Crippen MR) is 75.7 cm³/mol. The second-order valence-electron chi connectivity index (χ2n) is 4.39. The van der Waals surface area contributed by atoms with Crippen molar-refractivity contribution >= 4 is 11.6 Å². The molecule has 0 spiro atoms. The number of para-hydroxylation sites is 1. The van der Waals surface area contributed by atoms with Crippen molar-refractivity contribution in [1.29, 1.82) is 0 Å². The van der Waals surface area contributed by atoms with Crippen LogP contribution in [0.5, 0.6) is 0 Å². The van der Waals surface area contributed by atoms with Crippen molar-refractivity contribution < 1.29 is 9.18 Å². The van der Waals surface area contributed by atoms with E-state index in [9.17, 15) is 9.18 Å². The van der Waals surface area contributed by atoms with Gasteiger partial charge in [0.25, 0.3) is 0 Å². The molecule has 104 valence electrons. The number of carbonyl (C=O) groups is 1. The molecule has 1 aromatic carbocycles. The van der Waals surface area contributed by atoms with E-state index < -0.39 is 5.82 Å². The summed E-state index contributed by atoms with van der Waals surface area (Å²) in [6.45, 7) is 2.00. The Hall–Kier alpha value is -2.27. The van der Waals surface area contributed by atoms with Crippen LogP contribution in [-0.2, 0) is 4.79 Å². The summed E-state index contributed by atoms with van der Waals surface area (Å²) < 4.78 is 13.4. The number of benzene rings is 1. The van der Waals surface area contributed by atoms with Crippen LogP contribution in [0.4, 0.5) is 10.1 Å². The van der Waals surface area contributed by atoms with Gasteiger partial charge >= 0.3 is 0 Å². The first-order chi connectivity index (χ1) is 9.66. The molecule has 0 aliphatic heterocycles. The average molecular weight is 273 g/mol. The number of pyridine rings is 1. The normalized spacial score (nSPS) is 11.9. The highest BCUT2D eigenvalue weighted by Crippen LogP contribution is 2.12. The highest BCUT2D eigenvalue weighted by atomic mass is 19.1. The van der Waals surface area contributed by atoms with Gasteiger partial charge < -0.3 is 10.6 Å². The monoisotopic (exact) mass is 273 g/mol. The quantitative estimate of drug-likeness (QED) is 0.880. The smallest absolute Gasteiger partial charge is 0.238 e. The molecule has 0 fully saturated rings. The first-order valence-corrected chi connectivity index (χ1v) is 6.35. The molecule has 1 unspecified atom stereocenters. The number of amides is 1. The maximum atomic E-state index is 13.4. The van der Waals surface area contributed by atoms with Crippen molar-refractivity contribution in [2.24, 2.45) is 0 Å². The van der Waals surface area contributed by atoms with Gasteiger partial charge in [-0.15, -0.1) is 0 Å². The fourth-order valence-corrected chi connectivity index (χ4v) is 1.74. The van der Waals surface area contributed by atoms with E-state index in [1.807, 2.05) is 25.1 Å². The summed E-state index contributed by atoms with van der Waals surface area (Å²) >= 11 is 0. The molecule has 0 saturated heterocycles. The summed E-state index contributed by atoms with van der Waals surface area (Å²) in [4.78, 5) is 15.9. The Bertz CT molecular complexity index is 574. The lowest BCUT2D eigenvalue weighted by atomic mass is 10.2. The van der Waals surface area contributed by atoms with Gasteiger partial charge in [-0.05, 0) is 31.2 Å². The molecule has 0 saturated carbocycles. The number of anilines is 1. The first-order valence-electron chi connectivity index (χ1n) is 6.35. The van der Waals surface area contributed by atoms with Gasteiger partial charge in [-0.3, -0.25) is 9.78 Å². The topological polar surface area (TPSA) is 54.0 Å². The van der Waals surface area contributed by atoms with Gasteiger partial charge in [-0.1, -0.05) is 18.2 Å². The van der Waals surface area contributed by atoms with E-state index in [2.05, 4.69) is 15.6 Å². The molecule has 0 bridgehead atoms. The molecule has 2 aromatic rings. The lowest BCUT2D eigenvalue weighted by Gasteiger charge is -2.13. The summed E-state index contributed by atoms with van der Waals surface area (Å²) in [5, 5.41) is 5.56. The number of nitrogens with one attached hydrogen (secondary N) is 2. The van der Waals surface area contributed by atoms with Crippen molar-refractivity contribution in [2.75, 3.05) is 11.9 Å². The number of rotatable bonds is 5.